The quantitative estimate of drug-likeness (QED) is 0.411. The van der Waals surface area contributed by atoms with E-state index in [1.54, 1.807) is 42.8 Å². The van der Waals surface area contributed by atoms with Crippen LogP contribution < -0.4 is 0 Å². The SMILES string of the molecule is Cc1ccc([N+](=O)[O-])cc1S(=O)(=O)N(CCc1cccs1)Cc1cccnc1. The highest BCUT2D eigenvalue weighted by molar-refractivity contribution is 7.89. The number of rotatable bonds is 8. The van der Waals surface area contributed by atoms with E-state index < -0.39 is 14.9 Å². The maximum atomic E-state index is 13.4. The Labute approximate surface area is 167 Å². The molecule has 0 saturated carbocycles. The number of aryl methyl sites for hydroxylation is 1. The Bertz CT molecular complexity index is 1050. The highest BCUT2D eigenvalue weighted by Gasteiger charge is 2.28. The van der Waals surface area contributed by atoms with Crippen molar-refractivity contribution >= 4 is 27.0 Å². The molecular formula is C19H19N3O4S2. The number of aromatic nitrogens is 1. The van der Waals surface area contributed by atoms with Crippen LogP contribution in [0.2, 0.25) is 0 Å². The summed E-state index contributed by atoms with van der Waals surface area (Å²) in [5.74, 6) is 0. The normalized spacial score (nSPS) is 11.6. The molecule has 0 aliphatic carbocycles. The maximum absolute atomic E-state index is 13.4. The molecule has 0 radical (unpaired) electrons. The van der Waals surface area contributed by atoms with Crippen molar-refractivity contribution in [2.75, 3.05) is 6.54 Å². The lowest BCUT2D eigenvalue weighted by atomic mass is 10.2. The highest BCUT2D eigenvalue weighted by atomic mass is 32.2. The van der Waals surface area contributed by atoms with E-state index in [4.69, 9.17) is 0 Å². The Morgan fingerprint density at radius 1 is 1.21 bits per heavy atom. The van der Waals surface area contributed by atoms with E-state index in [0.717, 1.165) is 16.5 Å². The van der Waals surface area contributed by atoms with Crippen LogP contribution in [0.25, 0.3) is 0 Å². The summed E-state index contributed by atoms with van der Waals surface area (Å²) >= 11 is 1.56. The monoisotopic (exact) mass is 417 g/mol. The molecule has 2 aromatic heterocycles. The van der Waals surface area contributed by atoms with Gasteiger partial charge in [0.1, 0.15) is 0 Å². The Morgan fingerprint density at radius 2 is 2.04 bits per heavy atom. The summed E-state index contributed by atoms with van der Waals surface area (Å²) < 4.78 is 28.1. The smallest absolute Gasteiger partial charge is 0.264 e. The molecule has 2 heterocycles. The summed E-state index contributed by atoms with van der Waals surface area (Å²) in [4.78, 5) is 15.6. The fourth-order valence-electron chi connectivity index (χ4n) is 2.79. The maximum Gasteiger partial charge on any atom is 0.270 e. The van der Waals surface area contributed by atoms with Gasteiger partial charge in [-0.1, -0.05) is 18.2 Å². The van der Waals surface area contributed by atoms with Crippen LogP contribution in [0.1, 0.15) is 16.0 Å². The molecule has 146 valence electrons. The first-order valence-corrected chi connectivity index (χ1v) is 10.9. The van der Waals surface area contributed by atoms with Gasteiger partial charge >= 0.3 is 0 Å². The van der Waals surface area contributed by atoms with Gasteiger partial charge in [0.05, 0.1) is 9.82 Å². The summed E-state index contributed by atoms with van der Waals surface area (Å²) in [5, 5.41) is 13.1. The van der Waals surface area contributed by atoms with Crippen LogP contribution >= 0.6 is 11.3 Å². The van der Waals surface area contributed by atoms with Gasteiger partial charge in [0.15, 0.2) is 0 Å². The number of benzene rings is 1. The molecule has 28 heavy (non-hydrogen) atoms. The zero-order valence-electron chi connectivity index (χ0n) is 15.2. The number of thiophene rings is 1. The molecule has 7 nitrogen and oxygen atoms in total. The average Bonchev–Trinajstić information content (AvgIpc) is 3.19. The molecule has 0 unspecified atom stereocenters. The van der Waals surface area contributed by atoms with Gasteiger partial charge in [-0.05, 0) is 42.0 Å². The topological polar surface area (TPSA) is 93.4 Å². The van der Waals surface area contributed by atoms with E-state index in [1.165, 1.54) is 16.4 Å². The standard InChI is InChI=1S/C19H19N3O4S2/c1-15-6-7-17(22(23)24)12-19(15)28(25,26)21(10-8-18-5-3-11-27-18)14-16-4-2-9-20-13-16/h2-7,9,11-13H,8,10,14H2,1H3. The Balaban J connectivity index is 1.97. The number of hydrogen-bond donors (Lipinski definition) is 0. The number of sulfonamides is 1. The van der Waals surface area contributed by atoms with Crippen LogP contribution in [-0.2, 0) is 23.0 Å². The lowest BCUT2D eigenvalue weighted by Crippen LogP contribution is -2.33. The van der Waals surface area contributed by atoms with Crippen molar-refractivity contribution in [1.29, 1.82) is 0 Å². The van der Waals surface area contributed by atoms with Crippen LogP contribution in [-0.4, -0.2) is 29.2 Å². The Kier molecular flexibility index (Phi) is 6.18. The van der Waals surface area contributed by atoms with Crippen molar-refractivity contribution in [1.82, 2.24) is 9.29 Å². The number of hydrogen-bond acceptors (Lipinski definition) is 6. The highest BCUT2D eigenvalue weighted by Crippen LogP contribution is 2.26. The van der Waals surface area contributed by atoms with E-state index in [9.17, 15) is 18.5 Å². The lowest BCUT2D eigenvalue weighted by Gasteiger charge is -2.23. The average molecular weight is 418 g/mol. The van der Waals surface area contributed by atoms with Crippen LogP contribution in [0.4, 0.5) is 5.69 Å². The molecule has 1 aromatic carbocycles. The van der Waals surface area contributed by atoms with E-state index >= 15 is 0 Å². The van der Waals surface area contributed by atoms with Gasteiger partial charge in [-0.2, -0.15) is 4.31 Å². The molecule has 0 spiro atoms. The van der Waals surface area contributed by atoms with Gasteiger partial charge in [0, 0.05) is 42.5 Å². The molecule has 0 fully saturated rings. The third kappa shape index (κ3) is 4.61. The molecule has 0 atom stereocenters. The van der Waals surface area contributed by atoms with Crippen molar-refractivity contribution < 1.29 is 13.3 Å². The zero-order chi connectivity index (χ0) is 20.1. The second-order valence-corrected chi connectivity index (χ2v) is 9.17. The van der Waals surface area contributed by atoms with Crippen molar-refractivity contribution in [3.8, 4) is 0 Å². The zero-order valence-corrected chi connectivity index (χ0v) is 16.8. The molecule has 0 aliphatic heterocycles. The molecule has 0 amide bonds. The number of pyridine rings is 1. The minimum Gasteiger partial charge on any atom is -0.264 e. The third-order valence-corrected chi connectivity index (χ3v) is 7.19. The fourth-order valence-corrected chi connectivity index (χ4v) is 5.16. The molecule has 0 bridgehead atoms. The number of nitro groups is 1. The summed E-state index contributed by atoms with van der Waals surface area (Å²) in [6, 6.07) is 11.3. The van der Waals surface area contributed by atoms with Crippen LogP contribution in [0, 0.1) is 17.0 Å². The molecule has 0 aliphatic rings. The second kappa shape index (κ2) is 8.59. The van der Waals surface area contributed by atoms with Crippen LogP contribution in [0.5, 0.6) is 0 Å². The third-order valence-electron chi connectivity index (χ3n) is 4.27. The molecule has 3 rings (SSSR count). The predicted molar refractivity (Wildman–Crippen MR) is 108 cm³/mol. The molecular weight excluding hydrogens is 398 g/mol. The van der Waals surface area contributed by atoms with Crippen molar-refractivity contribution in [3.05, 3.63) is 86.4 Å². The summed E-state index contributed by atoms with van der Waals surface area (Å²) in [6.45, 7) is 2.04. The summed E-state index contributed by atoms with van der Waals surface area (Å²) in [6.07, 6.45) is 3.80. The first kappa shape index (κ1) is 20.1. The minimum absolute atomic E-state index is 0.0447. The van der Waals surface area contributed by atoms with Gasteiger partial charge < -0.3 is 0 Å². The minimum atomic E-state index is -3.93. The van der Waals surface area contributed by atoms with Gasteiger partial charge in [0.2, 0.25) is 10.0 Å². The van der Waals surface area contributed by atoms with Gasteiger partial charge in [-0.25, -0.2) is 8.42 Å². The molecule has 0 saturated heterocycles. The van der Waals surface area contributed by atoms with E-state index in [0.29, 0.717) is 12.0 Å². The predicted octanol–water partition coefficient (Wildman–Crippen LogP) is 3.79. The molecule has 3 aromatic rings. The largest absolute Gasteiger partial charge is 0.270 e. The number of non-ortho nitro benzene ring substituents is 1. The summed E-state index contributed by atoms with van der Waals surface area (Å²) in [7, 11) is -3.93. The van der Waals surface area contributed by atoms with Crippen LogP contribution in [0.15, 0.2) is 65.1 Å². The fraction of sp³-hybridized carbons (Fsp3) is 0.211. The Hall–Kier alpha value is -2.62. The summed E-state index contributed by atoms with van der Waals surface area (Å²) in [5.41, 5.74) is 0.974. The van der Waals surface area contributed by atoms with Crippen molar-refractivity contribution in [2.24, 2.45) is 0 Å². The van der Waals surface area contributed by atoms with E-state index in [-0.39, 0.29) is 23.7 Å². The Morgan fingerprint density at radius 3 is 2.68 bits per heavy atom. The second-order valence-electron chi connectivity index (χ2n) is 6.24. The van der Waals surface area contributed by atoms with Gasteiger partial charge in [0.25, 0.3) is 5.69 Å². The number of nitro benzene ring substituents is 1. The van der Waals surface area contributed by atoms with Crippen LogP contribution in [0.3, 0.4) is 0 Å². The van der Waals surface area contributed by atoms with E-state index in [1.807, 2.05) is 17.5 Å². The van der Waals surface area contributed by atoms with Gasteiger partial charge in [-0.3, -0.25) is 15.1 Å². The van der Waals surface area contributed by atoms with Crippen molar-refractivity contribution in [3.63, 3.8) is 0 Å². The number of nitrogens with zero attached hydrogens (tertiary/aromatic N) is 3. The van der Waals surface area contributed by atoms with E-state index in [2.05, 4.69) is 4.98 Å². The molecule has 0 N–H and O–H groups in total. The first-order valence-electron chi connectivity index (χ1n) is 8.54. The van der Waals surface area contributed by atoms with Gasteiger partial charge in [-0.15, -0.1) is 11.3 Å². The van der Waals surface area contributed by atoms with Crippen molar-refractivity contribution in [2.45, 2.75) is 24.8 Å². The first-order chi connectivity index (χ1) is 13.4. The molecule has 9 heteroatoms. The lowest BCUT2D eigenvalue weighted by molar-refractivity contribution is -0.385.